The monoisotopic (exact) mass is 395 g/mol. The zero-order valence-corrected chi connectivity index (χ0v) is 16.9. The van der Waals surface area contributed by atoms with Crippen molar-refractivity contribution in [1.29, 1.82) is 0 Å². The quantitative estimate of drug-likeness (QED) is 0.606. The lowest BCUT2D eigenvalue weighted by atomic mass is 10.1. The Morgan fingerprint density at radius 3 is 2.86 bits per heavy atom. The maximum absolute atomic E-state index is 12.4. The van der Waals surface area contributed by atoms with Crippen molar-refractivity contribution < 1.29 is 9.21 Å². The second kappa shape index (κ2) is 8.80. The molecule has 0 atom stereocenters. The zero-order chi connectivity index (χ0) is 19.3. The molecule has 2 aromatic carbocycles. The van der Waals surface area contributed by atoms with Gasteiger partial charge in [0.2, 0.25) is 0 Å². The van der Waals surface area contributed by atoms with Gasteiger partial charge in [-0.3, -0.25) is 4.79 Å². The molecular weight excluding hydrogens is 370 g/mol. The average molecular weight is 396 g/mol. The maximum Gasteiger partial charge on any atom is 0.257 e. The molecule has 1 fully saturated rings. The Hall–Kier alpha value is -2.31. The van der Waals surface area contributed by atoms with Gasteiger partial charge in [-0.25, -0.2) is 4.98 Å². The highest BCUT2D eigenvalue weighted by Crippen LogP contribution is 2.27. The molecule has 0 saturated carbocycles. The Balaban J connectivity index is 1.33. The summed E-state index contributed by atoms with van der Waals surface area (Å²) in [6.07, 6.45) is 2.54. The number of amides is 1. The molecule has 0 aliphatic carbocycles. The van der Waals surface area contributed by atoms with Crippen molar-refractivity contribution in [2.45, 2.75) is 30.7 Å². The first-order valence-electron chi connectivity index (χ1n) is 9.77. The largest absolute Gasteiger partial charge is 0.431 e. The van der Waals surface area contributed by atoms with E-state index >= 15 is 0 Å². The Kier molecular flexibility index (Phi) is 5.98. The molecule has 4 rings (SSSR count). The van der Waals surface area contributed by atoms with E-state index in [4.69, 9.17) is 4.42 Å². The SMILES string of the molecule is Cc1cccc2oc(SCc3cccc(C(=O)NCCN4CCCC4)c3)nc12. The van der Waals surface area contributed by atoms with Gasteiger partial charge in [0.05, 0.1) is 0 Å². The Labute approximate surface area is 169 Å². The van der Waals surface area contributed by atoms with Crippen LogP contribution in [-0.4, -0.2) is 42.0 Å². The number of aryl methyl sites for hydroxylation is 1. The lowest BCUT2D eigenvalue weighted by Crippen LogP contribution is -2.33. The van der Waals surface area contributed by atoms with Crippen LogP contribution in [0, 0.1) is 6.92 Å². The number of carbonyl (C=O) groups excluding carboxylic acids is 1. The number of benzene rings is 2. The molecule has 3 aromatic rings. The molecule has 2 heterocycles. The second-order valence-corrected chi connectivity index (χ2v) is 8.12. The zero-order valence-electron chi connectivity index (χ0n) is 16.1. The number of hydrogen-bond donors (Lipinski definition) is 1. The molecule has 1 aliphatic rings. The fourth-order valence-corrected chi connectivity index (χ4v) is 4.29. The number of hydrogen-bond acceptors (Lipinski definition) is 5. The van der Waals surface area contributed by atoms with Gasteiger partial charge in [-0.15, -0.1) is 0 Å². The van der Waals surface area contributed by atoms with Crippen molar-refractivity contribution >= 4 is 28.8 Å². The first kappa shape index (κ1) is 19.0. The van der Waals surface area contributed by atoms with Gasteiger partial charge in [-0.1, -0.05) is 36.0 Å². The molecule has 0 spiro atoms. The van der Waals surface area contributed by atoms with Gasteiger partial charge < -0.3 is 14.6 Å². The van der Waals surface area contributed by atoms with Crippen LogP contribution in [0.1, 0.15) is 34.3 Å². The van der Waals surface area contributed by atoms with E-state index in [0.29, 0.717) is 23.1 Å². The van der Waals surface area contributed by atoms with Crippen molar-refractivity contribution in [3.63, 3.8) is 0 Å². The van der Waals surface area contributed by atoms with Crippen molar-refractivity contribution in [2.24, 2.45) is 0 Å². The van der Waals surface area contributed by atoms with Crippen LogP contribution in [-0.2, 0) is 5.75 Å². The molecule has 1 aromatic heterocycles. The summed E-state index contributed by atoms with van der Waals surface area (Å²) in [5.41, 5.74) is 4.62. The first-order chi connectivity index (χ1) is 13.7. The molecule has 6 heteroatoms. The molecular formula is C22H25N3O2S. The number of likely N-dealkylation sites (tertiary alicyclic amines) is 1. The number of fused-ring (bicyclic) bond motifs is 1. The summed E-state index contributed by atoms with van der Waals surface area (Å²) in [6.45, 7) is 5.96. The molecule has 28 heavy (non-hydrogen) atoms. The Morgan fingerprint density at radius 2 is 2.04 bits per heavy atom. The van der Waals surface area contributed by atoms with Crippen LogP contribution in [0.25, 0.3) is 11.1 Å². The third-order valence-electron chi connectivity index (χ3n) is 5.06. The predicted octanol–water partition coefficient (Wildman–Crippen LogP) is 4.25. The van der Waals surface area contributed by atoms with Gasteiger partial charge in [0.15, 0.2) is 5.58 Å². The highest BCUT2D eigenvalue weighted by atomic mass is 32.2. The van der Waals surface area contributed by atoms with Gasteiger partial charge in [0.25, 0.3) is 11.1 Å². The second-order valence-electron chi connectivity index (χ2n) is 7.20. The summed E-state index contributed by atoms with van der Waals surface area (Å²) in [6, 6.07) is 13.7. The van der Waals surface area contributed by atoms with E-state index in [2.05, 4.69) is 15.2 Å². The lowest BCUT2D eigenvalue weighted by molar-refractivity contribution is 0.0949. The van der Waals surface area contributed by atoms with Crippen LogP contribution in [0.3, 0.4) is 0 Å². The van der Waals surface area contributed by atoms with E-state index in [-0.39, 0.29) is 5.91 Å². The molecule has 1 amide bonds. The minimum absolute atomic E-state index is 0.0106. The third kappa shape index (κ3) is 4.56. The van der Waals surface area contributed by atoms with E-state index < -0.39 is 0 Å². The molecule has 0 bridgehead atoms. The lowest BCUT2D eigenvalue weighted by Gasteiger charge is -2.14. The first-order valence-corrected chi connectivity index (χ1v) is 10.8. The highest BCUT2D eigenvalue weighted by Gasteiger charge is 2.12. The topological polar surface area (TPSA) is 58.4 Å². The molecule has 1 saturated heterocycles. The fourth-order valence-electron chi connectivity index (χ4n) is 3.51. The van der Waals surface area contributed by atoms with E-state index in [1.54, 1.807) is 11.8 Å². The van der Waals surface area contributed by atoms with Crippen molar-refractivity contribution in [2.75, 3.05) is 26.2 Å². The van der Waals surface area contributed by atoms with Crippen LogP contribution < -0.4 is 5.32 Å². The number of oxazole rings is 1. The third-order valence-corrected chi connectivity index (χ3v) is 5.96. The molecule has 1 N–H and O–H groups in total. The Bertz CT molecular complexity index is 963. The van der Waals surface area contributed by atoms with Crippen LogP contribution in [0.15, 0.2) is 52.1 Å². The summed E-state index contributed by atoms with van der Waals surface area (Å²) >= 11 is 1.55. The van der Waals surface area contributed by atoms with Gasteiger partial charge >= 0.3 is 0 Å². The van der Waals surface area contributed by atoms with Crippen LogP contribution >= 0.6 is 11.8 Å². The number of rotatable bonds is 7. The maximum atomic E-state index is 12.4. The van der Waals surface area contributed by atoms with Gasteiger partial charge in [-0.2, -0.15) is 0 Å². The van der Waals surface area contributed by atoms with E-state index in [0.717, 1.165) is 41.9 Å². The van der Waals surface area contributed by atoms with Gasteiger partial charge in [0, 0.05) is 24.4 Å². The molecule has 0 unspecified atom stereocenters. The van der Waals surface area contributed by atoms with Gasteiger partial charge in [-0.05, 0) is 62.2 Å². The van der Waals surface area contributed by atoms with Crippen molar-refractivity contribution in [3.05, 3.63) is 59.2 Å². The van der Waals surface area contributed by atoms with E-state index in [9.17, 15) is 4.79 Å². The summed E-state index contributed by atoms with van der Waals surface area (Å²) in [5, 5.41) is 3.69. The summed E-state index contributed by atoms with van der Waals surface area (Å²) < 4.78 is 5.82. The summed E-state index contributed by atoms with van der Waals surface area (Å²) in [7, 11) is 0. The van der Waals surface area contributed by atoms with Crippen LogP contribution in [0.5, 0.6) is 0 Å². The molecule has 146 valence electrons. The molecule has 0 radical (unpaired) electrons. The van der Waals surface area contributed by atoms with Crippen LogP contribution in [0.4, 0.5) is 0 Å². The molecule has 5 nitrogen and oxygen atoms in total. The predicted molar refractivity (Wildman–Crippen MR) is 113 cm³/mol. The summed E-state index contributed by atoms with van der Waals surface area (Å²) in [5.74, 6) is 0.698. The summed E-state index contributed by atoms with van der Waals surface area (Å²) in [4.78, 5) is 19.4. The van der Waals surface area contributed by atoms with Crippen molar-refractivity contribution in [1.82, 2.24) is 15.2 Å². The van der Waals surface area contributed by atoms with E-state index in [1.165, 1.54) is 12.8 Å². The number of nitrogens with zero attached hydrogens (tertiary/aromatic N) is 2. The number of carbonyl (C=O) groups is 1. The smallest absolute Gasteiger partial charge is 0.257 e. The number of thioether (sulfide) groups is 1. The van der Waals surface area contributed by atoms with Crippen molar-refractivity contribution in [3.8, 4) is 0 Å². The number of aromatic nitrogens is 1. The number of para-hydroxylation sites is 1. The highest BCUT2D eigenvalue weighted by molar-refractivity contribution is 7.98. The van der Waals surface area contributed by atoms with Gasteiger partial charge in [0.1, 0.15) is 5.52 Å². The average Bonchev–Trinajstić information content (AvgIpc) is 3.37. The fraction of sp³-hybridized carbons (Fsp3) is 0.364. The normalized spacial score (nSPS) is 14.6. The van der Waals surface area contributed by atoms with E-state index in [1.807, 2.05) is 49.4 Å². The minimum Gasteiger partial charge on any atom is -0.431 e. The Morgan fingerprint density at radius 1 is 1.21 bits per heavy atom. The minimum atomic E-state index is -0.0106. The molecule has 1 aliphatic heterocycles. The number of nitrogens with one attached hydrogen (secondary N) is 1. The van der Waals surface area contributed by atoms with Crippen LogP contribution in [0.2, 0.25) is 0 Å². The standard InChI is InChI=1S/C22H25N3O2S/c1-16-6-4-9-19-20(16)24-22(27-19)28-15-17-7-5-8-18(14-17)21(26)23-10-13-25-11-2-3-12-25/h4-9,14H,2-3,10-13,15H2,1H3,(H,23,26).